The summed E-state index contributed by atoms with van der Waals surface area (Å²) >= 11 is 0. The molecule has 0 unspecified atom stereocenters. The highest BCUT2D eigenvalue weighted by Gasteiger charge is 2.15. The van der Waals surface area contributed by atoms with E-state index < -0.39 is 0 Å². The average molecular weight is 627 g/mol. The summed E-state index contributed by atoms with van der Waals surface area (Å²) < 4.78 is 2.59. The van der Waals surface area contributed by atoms with Crippen LogP contribution in [0.4, 0.5) is 0 Å². The lowest BCUT2D eigenvalue weighted by molar-refractivity contribution is -0.704. The minimum Gasteiger partial charge on any atom is -0.202 e. The van der Waals surface area contributed by atoms with Crippen molar-refractivity contribution >= 4 is 0 Å². The van der Waals surface area contributed by atoms with Gasteiger partial charge in [0.05, 0.1) is 0 Å². The van der Waals surface area contributed by atoms with E-state index in [2.05, 4.69) is 43.7 Å². The molecule has 0 saturated heterocycles. The van der Waals surface area contributed by atoms with Gasteiger partial charge in [-0.1, -0.05) is 213 Å². The number of hydrogen-bond donors (Lipinski definition) is 0. The van der Waals surface area contributed by atoms with E-state index in [9.17, 15) is 0 Å². The van der Waals surface area contributed by atoms with E-state index >= 15 is 0 Å². The fraction of sp³-hybridized carbons (Fsp3) is 0.886. The van der Waals surface area contributed by atoms with Gasteiger partial charge in [0.1, 0.15) is 6.54 Å². The first-order valence-corrected chi connectivity index (χ1v) is 21.3. The normalized spacial score (nSPS) is 11.5. The first kappa shape index (κ1) is 42.2. The Kier molecular flexibility index (Phi) is 32.3. The number of nitrogens with zero attached hydrogens (tertiary/aromatic N) is 1. The lowest BCUT2D eigenvalue weighted by Gasteiger charge is -2.10. The Morgan fingerprint density at radius 1 is 0.356 bits per heavy atom. The van der Waals surface area contributed by atoms with E-state index in [1.165, 1.54) is 231 Å². The van der Waals surface area contributed by atoms with Crippen molar-refractivity contribution in [3.63, 3.8) is 0 Å². The standard InChI is InChI=1S/C44H84N/c1-4-7-9-11-13-15-17-19-21-23-25-27-29-31-33-35-38-43-39-37-42-45(41-6-3)44(43)40-36-34-32-30-28-26-24-22-20-18-16-14-12-10-8-5-2/h37,39,42H,4-36,38,40-41H2,1-3H3/q+1. The van der Waals surface area contributed by atoms with Crippen molar-refractivity contribution in [3.05, 3.63) is 29.6 Å². The summed E-state index contributed by atoms with van der Waals surface area (Å²) in [6.07, 6.45) is 52.5. The van der Waals surface area contributed by atoms with Gasteiger partial charge in [-0.05, 0) is 25.3 Å². The maximum Gasteiger partial charge on any atom is 0.184 e. The third-order valence-electron chi connectivity index (χ3n) is 10.3. The van der Waals surface area contributed by atoms with Crippen LogP contribution >= 0.6 is 0 Å². The van der Waals surface area contributed by atoms with Crippen LogP contribution in [0.3, 0.4) is 0 Å². The van der Waals surface area contributed by atoms with Crippen LogP contribution < -0.4 is 4.57 Å². The predicted molar refractivity (Wildman–Crippen MR) is 203 cm³/mol. The van der Waals surface area contributed by atoms with Crippen LogP contribution in [0.5, 0.6) is 0 Å². The van der Waals surface area contributed by atoms with Gasteiger partial charge in [0, 0.05) is 24.5 Å². The SMILES string of the molecule is CCCCCCCCCCCCCCCCCCc1ccc[n+](CCC)c1CCCCCCCCCCCCCCCCCC. The molecule has 45 heavy (non-hydrogen) atoms. The second-order valence-corrected chi connectivity index (χ2v) is 14.8. The topological polar surface area (TPSA) is 3.88 Å². The molecule has 0 aliphatic heterocycles. The molecule has 0 atom stereocenters. The number of pyridine rings is 1. The van der Waals surface area contributed by atoms with E-state index in [4.69, 9.17) is 0 Å². The molecule has 0 fully saturated rings. The molecule has 0 amide bonds. The zero-order chi connectivity index (χ0) is 32.3. The van der Waals surface area contributed by atoms with Crippen LogP contribution in [0, 0.1) is 0 Å². The van der Waals surface area contributed by atoms with E-state index in [-0.39, 0.29) is 0 Å². The van der Waals surface area contributed by atoms with Gasteiger partial charge >= 0.3 is 0 Å². The molecule has 1 heterocycles. The van der Waals surface area contributed by atoms with Gasteiger partial charge in [0.15, 0.2) is 11.9 Å². The zero-order valence-corrected chi connectivity index (χ0v) is 31.6. The van der Waals surface area contributed by atoms with Crippen molar-refractivity contribution in [2.45, 2.75) is 252 Å². The van der Waals surface area contributed by atoms with Gasteiger partial charge in [-0.2, -0.15) is 0 Å². The van der Waals surface area contributed by atoms with Crippen molar-refractivity contribution in [1.29, 1.82) is 0 Å². The van der Waals surface area contributed by atoms with Crippen molar-refractivity contribution < 1.29 is 4.57 Å². The summed E-state index contributed by atoms with van der Waals surface area (Å²) in [6, 6.07) is 4.76. The number of aryl methyl sites for hydroxylation is 2. The summed E-state index contributed by atoms with van der Waals surface area (Å²) in [4.78, 5) is 0. The van der Waals surface area contributed by atoms with Gasteiger partial charge in [-0.3, -0.25) is 0 Å². The van der Waals surface area contributed by atoms with Crippen molar-refractivity contribution in [3.8, 4) is 0 Å². The summed E-state index contributed by atoms with van der Waals surface area (Å²) in [5, 5.41) is 0. The monoisotopic (exact) mass is 627 g/mol. The Labute approximate surface area is 285 Å². The van der Waals surface area contributed by atoms with Crippen molar-refractivity contribution in [1.82, 2.24) is 0 Å². The number of rotatable bonds is 36. The highest BCUT2D eigenvalue weighted by molar-refractivity contribution is 5.16. The number of hydrogen-bond acceptors (Lipinski definition) is 0. The fourth-order valence-electron chi connectivity index (χ4n) is 7.32. The summed E-state index contributed by atoms with van der Waals surface area (Å²) in [5.41, 5.74) is 3.31. The van der Waals surface area contributed by atoms with Gasteiger partial charge in [-0.25, -0.2) is 4.57 Å². The van der Waals surface area contributed by atoms with Crippen LogP contribution in [0.15, 0.2) is 18.3 Å². The molecule has 0 saturated carbocycles. The minimum absolute atomic E-state index is 1.18. The van der Waals surface area contributed by atoms with Crippen molar-refractivity contribution in [2.24, 2.45) is 0 Å². The van der Waals surface area contributed by atoms with Gasteiger partial charge in [0.25, 0.3) is 0 Å². The highest BCUT2D eigenvalue weighted by Crippen LogP contribution is 2.18. The third kappa shape index (κ3) is 26.9. The molecule has 1 nitrogen and oxygen atoms in total. The first-order valence-electron chi connectivity index (χ1n) is 21.3. The Bertz CT molecular complexity index is 709. The van der Waals surface area contributed by atoms with Gasteiger partial charge in [-0.15, -0.1) is 0 Å². The highest BCUT2D eigenvalue weighted by atomic mass is 15.0. The molecule has 0 radical (unpaired) electrons. The number of unbranched alkanes of at least 4 members (excludes halogenated alkanes) is 30. The van der Waals surface area contributed by atoms with Gasteiger partial charge in [0.2, 0.25) is 0 Å². The molecular weight excluding hydrogens is 542 g/mol. The molecule has 1 aromatic heterocycles. The molecule has 264 valence electrons. The van der Waals surface area contributed by atoms with Crippen LogP contribution in [-0.4, -0.2) is 0 Å². The second kappa shape index (κ2) is 34.5. The molecule has 0 aromatic carbocycles. The molecule has 1 rings (SSSR count). The smallest absolute Gasteiger partial charge is 0.184 e. The summed E-state index contributed by atoms with van der Waals surface area (Å²) in [7, 11) is 0. The van der Waals surface area contributed by atoms with Crippen LogP contribution in [-0.2, 0) is 19.4 Å². The minimum atomic E-state index is 1.18. The maximum atomic E-state index is 2.59. The first-order chi connectivity index (χ1) is 22.3. The van der Waals surface area contributed by atoms with E-state index in [0.717, 1.165) is 0 Å². The van der Waals surface area contributed by atoms with Crippen molar-refractivity contribution in [2.75, 3.05) is 0 Å². The Balaban J connectivity index is 2.06. The lowest BCUT2D eigenvalue weighted by Crippen LogP contribution is -2.39. The van der Waals surface area contributed by atoms with Crippen LogP contribution in [0.2, 0.25) is 0 Å². The molecule has 0 aliphatic carbocycles. The molecule has 0 bridgehead atoms. The summed E-state index contributed by atoms with van der Waals surface area (Å²) in [6.45, 7) is 8.13. The van der Waals surface area contributed by atoms with E-state index in [0.29, 0.717) is 0 Å². The molecule has 0 spiro atoms. The Morgan fingerprint density at radius 2 is 0.667 bits per heavy atom. The average Bonchev–Trinajstić information content (AvgIpc) is 3.05. The van der Waals surface area contributed by atoms with Gasteiger partial charge < -0.3 is 0 Å². The van der Waals surface area contributed by atoms with Crippen LogP contribution in [0.25, 0.3) is 0 Å². The van der Waals surface area contributed by atoms with E-state index in [1.54, 1.807) is 11.3 Å². The molecule has 1 heteroatoms. The second-order valence-electron chi connectivity index (χ2n) is 14.8. The Hall–Kier alpha value is -0.850. The lowest BCUT2D eigenvalue weighted by atomic mass is 9.99. The molecule has 0 N–H and O–H groups in total. The van der Waals surface area contributed by atoms with Crippen LogP contribution in [0.1, 0.15) is 244 Å². The van der Waals surface area contributed by atoms with E-state index in [1.807, 2.05) is 0 Å². The zero-order valence-electron chi connectivity index (χ0n) is 31.6. The maximum absolute atomic E-state index is 2.59. The predicted octanol–water partition coefficient (Wildman–Crippen LogP) is 15.0. The summed E-state index contributed by atoms with van der Waals surface area (Å²) in [5.74, 6) is 0. The number of aromatic nitrogens is 1. The quantitative estimate of drug-likeness (QED) is 0.0515. The molecule has 1 aromatic rings. The molecular formula is C44H84N+. The largest absolute Gasteiger partial charge is 0.202 e. The Morgan fingerprint density at radius 3 is 1.00 bits per heavy atom. The fourth-order valence-corrected chi connectivity index (χ4v) is 7.32. The molecule has 0 aliphatic rings. The third-order valence-corrected chi connectivity index (χ3v) is 10.3.